The van der Waals surface area contributed by atoms with E-state index in [2.05, 4.69) is 44.8 Å². The number of aromatic nitrogens is 4. The summed E-state index contributed by atoms with van der Waals surface area (Å²) in [6, 6.07) is 6.14. The molecule has 9 heteroatoms. The number of benzene rings is 1. The largest absolute Gasteiger partial charge is 0.462 e. The molecule has 2 aromatic rings. The summed E-state index contributed by atoms with van der Waals surface area (Å²) in [7, 11) is 0. The minimum Gasteiger partial charge on any atom is -0.462 e. The minimum atomic E-state index is -0.275. The fraction of sp³-hybridized carbons (Fsp3) is 0.464. The number of ether oxygens (including phenoxy) is 1. The lowest BCUT2D eigenvalue weighted by atomic mass is 9.96. The van der Waals surface area contributed by atoms with Gasteiger partial charge in [-0.25, -0.2) is 9.48 Å². The molecule has 2 heterocycles. The number of esters is 1. The Balaban J connectivity index is 1.10. The van der Waals surface area contributed by atoms with Crippen molar-refractivity contribution in [1.82, 2.24) is 30.4 Å². The summed E-state index contributed by atoms with van der Waals surface area (Å²) in [5, 5.41) is 14.9. The Morgan fingerprint density at radius 3 is 2.97 bits per heavy atom. The Hall–Kier alpha value is -3.77. The summed E-state index contributed by atoms with van der Waals surface area (Å²) in [6.07, 6.45) is 9.68. The second-order valence-electron chi connectivity index (χ2n) is 9.63. The summed E-state index contributed by atoms with van der Waals surface area (Å²) in [6.45, 7) is 5.30. The van der Waals surface area contributed by atoms with Gasteiger partial charge in [0.15, 0.2) is 0 Å². The number of fused-ring (bicyclic) bond motifs is 1. The second kappa shape index (κ2) is 11.5. The predicted molar refractivity (Wildman–Crippen MR) is 138 cm³/mol. The van der Waals surface area contributed by atoms with Gasteiger partial charge in [0.25, 0.3) is 0 Å². The molecule has 3 aliphatic rings. The van der Waals surface area contributed by atoms with Gasteiger partial charge in [0.1, 0.15) is 6.33 Å². The number of cyclic esters (lactones) is 1. The van der Waals surface area contributed by atoms with Crippen molar-refractivity contribution in [2.75, 3.05) is 32.8 Å². The molecule has 1 saturated carbocycles. The molecule has 5 rings (SSSR count). The average molecular weight is 501 g/mol. The van der Waals surface area contributed by atoms with Crippen LogP contribution in [0.3, 0.4) is 0 Å². The van der Waals surface area contributed by atoms with Crippen LogP contribution in [0.25, 0.3) is 5.69 Å². The van der Waals surface area contributed by atoms with Crippen molar-refractivity contribution in [3.63, 3.8) is 0 Å². The Bertz CT molecular complexity index is 1270. The highest BCUT2D eigenvalue weighted by molar-refractivity contribution is 5.95. The number of hydrogen-bond acceptors (Lipinski definition) is 7. The Morgan fingerprint density at radius 2 is 2.19 bits per heavy atom. The Labute approximate surface area is 216 Å². The third-order valence-corrected chi connectivity index (χ3v) is 7.08. The van der Waals surface area contributed by atoms with Gasteiger partial charge in [-0.2, -0.15) is 0 Å². The lowest BCUT2D eigenvalue weighted by molar-refractivity contribution is -0.140. The first kappa shape index (κ1) is 24.9. The molecule has 0 bridgehead atoms. The van der Waals surface area contributed by atoms with E-state index in [1.165, 1.54) is 5.56 Å². The smallest absolute Gasteiger partial charge is 0.339 e. The van der Waals surface area contributed by atoms with Crippen LogP contribution >= 0.6 is 0 Å². The van der Waals surface area contributed by atoms with Gasteiger partial charge in [0.2, 0.25) is 5.91 Å². The molecule has 9 nitrogen and oxygen atoms in total. The fourth-order valence-corrected chi connectivity index (χ4v) is 4.85. The topological polar surface area (TPSA) is 102 Å². The summed E-state index contributed by atoms with van der Waals surface area (Å²) in [4.78, 5) is 27.0. The zero-order valence-electron chi connectivity index (χ0n) is 21.2. The molecule has 1 amide bonds. The molecule has 2 fully saturated rings. The van der Waals surface area contributed by atoms with Crippen LogP contribution in [0.15, 0.2) is 47.8 Å². The van der Waals surface area contributed by atoms with Gasteiger partial charge in [-0.1, -0.05) is 24.0 Å². The van der Waals surface area contributed by atoms with Crippen molar-refractivity contribution in [2.45, 2.75) is 44.9 Å². The van der Waals surface area contributed by atoms with Crippen molar-refractivity contribution < 1.29 is 14.3 Å². The number of carbonyl (C=O) groups is 2. The van der Waals surface area contributed by atoms with Crippen LogP contribution in [0.2, 0.25) is 0 Å². The van der Waals surface area contributed by atoms with Crippen LogP contribution in [0.5, 0.6) is 0 Å². The van der Waals surface area contributed by atoms with E-state index in [4.69, 9.17) is 4.74 Å². The first-order valence-electron chi connectivity index (χ1n) is 13.1. The lowest BCUT2D eigenvalue weighted by Gasteiger charge is -2.22. The number of carbonyl (C=O) groups excluding carboxylic acids is 2. The molecule has 1 aliphatic heterocycles. The van der Waals surface area contributed by atoms with Crippen LogP contribution in [0.4, 0.5) is 0 Å². The highest BCUT2D eigenvalue weighted by Gasteiger charge is 2.28. The average Bonchev–Trinajstić information content (AvgIpc) is 3.65. The molecule has 0 radical (unpaired) electrons. The quantitative estimate of drug-likeness (QED) is 0.287. The molecule has 1 atom stereocenters. The van der Waals surface area contributed by atoms with E-state index in [-0.39, 0.29) is 17.8 Å². The van der Waals surface area contributed by atoms with Crippen LogP contribution in [-0.4, -0.2) is 69.8 Å². The number of amides is 1. The third kappa shape index (κ3) is 6.15. The van der Waals surface area contributed by atoms with E-state index >= 15 is 0 Å². The van der Waals surface area contributed by atoms with Crippen molar-refractivity contribution in [1.29, 1.82) is 0 Å². The van der Waals surface area contributed by atoms with Crippen molar-refractivity contribution in [3.05, 3.63) is 59.0 Å². The highest BCUT2D eigenvalue weighted by Crippen LogP contribution is 2.42. The Kier molecular flexibility index (Phi) is 7.76. The molecule has 0 spiro atoms. The molecule has 37 heavy (non-hydrogen) atoms. The number of tetrazole rings is 1. The number of allylic oxidation sites excluding steroid dienone is 2. The summed E-state index contributed by atoms with van der Waals surface area (Å²) in [5.41, 5.74) is 4.87. The van der Waals surface area contributed by atoms with Crippen LogP contribution in [0, 0.1) is 17.8 Å². The number of likely N-dealkylation sites (N-methyl/N-ethyl adjacent to an activating group) is 1. The van der Waals surface area contributed by atoms with E-state index in [0.29, 0.717) is 37.6 Å². The molecule has 192 valence electrons. The molecular formula is C28H32N6O3. The van der Waals surface area contributed by atoms with Crippen molar-refractivity contribution in [3.8, 4) is 17.5 Å². The van der Waals surface area contributed by atoms with Crippen molar-refractivity contribution in [2.24, 2.45) is 5.92 Å². The van der Waals surface area contributed by atoms with Crippen LogP contribution in [0.1, 0.15) is 49.7 Å². The third-order valence-electron chi connectivity index (χ3n) is 7.08. The number of rotatable bonds is 11. The number of hydrogen-bond donors (Lipinski definition) is 1. The van der Waals surface area contributed by atoms with E-state index in [1.807, 2.05) is 24.0 Å². The van der Waals surface area contributed by atoms with E-state index in [1.54, 1.807) is 17.1 Å². The van der Waals surface area contributed by atoms with Gasteiger partial charge in [-0.05, 0) is 77.9 Å². The SMILES string of the molecule is CCN(CCNCCC1C#CC=C2C(=O)OCCC2=C1)C(=O)Cc1ccc(-n2cnnn2)cc1C1CC1. The van der Waals surface area contributed by atoms with E-state index in [9.17, 15) is 9.59 Å². The van der Waals surface area contributed by atoms with Gasteiger partial charge in [0.05, 0.1) is 24.3 Å². The van der Waals surface area contributed by atoms with E-state index in [0.717, 1.165) is 55.6 Å². The molecule has 1 saturated heterocycles. The van der Waals surface area contributed by atoms with Gasteiger partial charge in [0, 0.05) is 38.0 Å². The maximum Gasteiger partial charge on any atom is 0.339 e. The normalized spacial score (nSPS) is 18.5. The lowest BCUT2D eigenvalue weighted by Crippen LogP contribution is -2.38. The van der Waals surface area contributed by atoms with Crippen molar-refractivity contribution >= 4 is 11.9 Å². The summed E-state index contributed by atoms with van der Waals surface area (Å²) in [5.74, 6) is 6.71. The second-order valence-corrected chi connectivity index (χ2v) is 9.63. The highest BCUT2D eigenvalue weighted by atomic mass is 16.5. The van der Waals surface area contributed by atoms with Gasteiger partial charge in [-0.15, -0.1) is 5.10 Å². The van der Waals surface area contributed by atoms with E-state index < -0.39 is 0 Å². The first-order chi connectivity index (χ1) is 18.1. The first-order valence-corrected chi connectivity index (χ1v) is 13.1. The maximum atomic E-state index is 13.2. The Morgan fingerprint density at radius 1 is 1.30 bits per heavy atom. The van der Waals surface area contributed by atoms with Crippen LogP contribution < -0.4 is 5.32 Å². The maximum absolute atomic E-state index is 13.2. The molecule has 2 aliphatic carbocycles. The van der Waals surface area contributed by atoms with Gasteiger partial charge in [-0.3, -0.25) is 4.79 Å². The molecule has 1 unspecified atom stereocenters. The molecule has 1 aromatic carbocycles. The fourth-order valence-electron chi connectivity index (χ4n) is 4.85. The number of nitrogens with one attached hydrogen (secondary N) is 1. The zero-order valence-corrected chi connectivity index (χ0v) is 21.2. The van der Waals surface area contributed by atoms with Gasteiger partial charge >= 0.3 is 5.97 Å². The zero-order chi connectivity index (χ0) is 25.6. The predicted octanol–water partition coefficient (Wildman–Crippen LogP) is 2.34. The standard InChI is InChI=1S/C28H32N6O3/c1-2-33(14-13-29-12-10-20-4-3-5-25-23(16-20)11-15-37-28(25)36)27(35)17-22-8-9-24(34-19-30-31-32-34)18-26(22)21-6-7-21/h5,8-9,16,18-21,29H,2,6-7,10-15,17H2,1H3. The molecular weight excluding hydrogens is 468 g/mol. The van der Waals surface area contributed by atoms with Crippen LogP contribution in [-0.2, 0) is 20.7 Å². The monoisotopic (exact) mass is 500 g/mol. The molecule has 1 aromatic heterocycles. The number of nitrogens with zero attached hydrogens (tertiary/aromatic N) is 5. The summed E-state index contributed by atoms with van der Waals surface area (Å²) < 4.78 is 6.76. The van der Waals surface area contributed by atoms with Gasteiger partial charge < -0.3 is 15.0 Å². The minimum absolute atomic E-state index is 0.100. The summed E-state index contributed by atoms with van der Waals surface area (Å²) >= 11 is 0. The molecule has 1 N–H and O–H groups in total.